The van der Waals surface area contributed by atoms with Gasteiger partial charge in [0.05, 0.1) is 24.8 Å². The summed E-state index contributed by atoms with van der Waals surface area (Å²) in [6.45, 7) is 4.55. The molecule has 0 saturated carbocycles. The molecule has 10 heteroatoms. The van der Waals surface area contributed by atoms with Crippen molar-refractivity contribution in [2.75, 3.05) is 18.4 Å². The number of carbonyl (C=O) groups excluding carboxylic acids is 1. The fourth-order valence-electron chi connectivity index (χ4n) is 3.97. The Morgan fingerprint density at radius 2 is 1.75 bits per heavy atom. The Bertz CT molecular complexity index is 1420. The van der Waals surface area contributed by atoms with Crippen LogP contribution in [0.3, 0.4) is 0 Å². The molecular formula is C22H22N4O3S3. The number of anilines is 1. The van der Waals surface area contributed by atoms with Crippen molar-refractivity contribution in [1.82, 2.24) is 14.3 Å². The van der Waals surface area contributed by atoms with E-state index in [2.05, 4.69) is 15.3 Å². The van der Waals surface area contributed by atoms with Gasteiger partial charge in [0.2, 0.25) is 15.9 Å². The largest absolute Gasteiger partial charge is 0.302 e. The highest BCUT2D eigenvalue weighted by Crippen LogP contribution is 2.35. The molecule has 4 aromatic rings. The lowest BCUT2D eigenvalue weighted by Crippen LogP contribution is -2.41. The monoisotopic (exact) mass is 486 g/mol. The van der Waals surface area contributed by atoms with Crippen LogP contribution < -0.4 is 5.32 Å². The first-order valence-corrected chi connectivity index (χ1v) is 13.4. The molecule has 1 saturated heterocycles. The maximum atomic E-state index is 12.9. The molecule has 1 fully saturated rings. The number of aromatic nitrogens is 2. The highest BCUT2D eigenvalue weighted by atomic mass is 32.2. The first kappa shape index (κ1) is 21.4. The molecular weight excluding hydrogens is 464 g/mol. The van der Waals surface area contributed by atoms with Crippen molar-refractivity contribution in [2.45, 2.75) is 31.6 Å². The van der Waals surface area contributed by atoms with Crippen LogP contribution in [0.1, 0.15) is 23.4 Å². The quantitative estimate of drug-likeness (QED) is 0.456. The van der Waals surface area contributed by atoms with Gasteiger partial charge in [0.15, 0.2) is 5.13 Å². The van der Waals surface area contributed by atoms with Gasteiger partial charge in [-0.05, 0) is 51.0 Å². The number of thiazole rings is 2. The zero-order valence-corrected chi connectivity index (χ0v) is 20.1. The van der Waals surface area contributed by atoms with E-state index in [0.29, 0.717) is 36.0 Å². The van der Waals surface area contributed by atoms with Crippen molar-refractivity contribution in [3.63, 3.8) is 0 Å². The Morgan fingerprint density at radius 3 is 2.47 bits per heavy atom. The minimum absolute atomic E-state index is 0.109. The first-order valence-electron chi connectivity index (χ1n) is 10.4. The smallest absolute Gasteiger partial charge is 0.243 e. The second-order valence-corrected chi connectivity index (χ2v) is 12.2. The molecule has 0 bridgehead atoms. The molecule has 1 N–H and O–H groups in total. The van der Waals surface area contributed by atoms with Crippen LogP contribution in [0.25, 0.3) is 20.4 Å². The minimum Gasteiger partial charge on any atom is -0.302 e. The van der Waals surface area contributed by atoms with Crippen LogP contribution in [0.4, 0.5) is 5.13 Å². The molecule has 5 rings (SSSR count). The van der Waals surface area contributed by atoms with Gasteiger partial charge in [-0.15, -0.1) is 11.3 Å². The van der Waals surface area contributed by atoms with Gasteiger partial charge in [-0.3, -0.25) is 4.79 Å². The van der Waals surface area contributed by atoms with E-state index >= 15 is 0 Å². The van der Waals surface area contributed by atoms with Gasteiger partial charge < -0.3 is 5.32 Å². The lowest BCUT2D eigenvalue weighted by atomic mass is 9.97. The number of fused-ring (bicyclic) bond motifs is 3. The predicted molar refractivity (Wildman–Crippen MR) is 129 cm³/mol. The molecule has 3 heterocycles. The highest BCUT2D eigenvalue weighted by molar-refractivity contribution is 7.89. The van der Waals surface area contributed by atoms with Crippen LogP contribution >= 0.6 is 22.7 Å². The number of nitrogens with one attached hydrogen (secondary N) is 1. The number of carbonyl (C=O) groups is 1. The molecule has 0 atom stereocenters. The molecule has 2 aromatic carbocycles. The Morgan fingerprint density at radius 1 is 1.03 bits per heavy atom. The van der Waals surface area contributed by atoms with Gasteiger partial charge in [0.1, 0.15) is 5.52 Å². The molecule has 0 radical (unpaired) electrons. The van der Waals surface area contributed by atoms with E-state index in [9.17, 15) is 13.2 Å². The maximum Gasteiger partial charge on any atom is 0.243 e. The summed E-state index contributed by atoms with van der Waals surface area (Å²) in [5, 5.41) is 4.49. The topological polar surface area (TPSA) is 92.3 Å². The first-order chi connectivity index (χ1) is 15.3. The maximum absolute atomic E-state index is 12.9. The van der Waals surface area contributed by atoms with Crippen LogP contribution in [0.15, 0.2) is 41.3 Å². The van der Waals surface area contributed by atoms with Crippen LogP contribution in [0.5, 0.6) is 0 Å². The number of benzene rings is 2. The predicted octanol–water partition coefficient (Wildman–Crippen LogP) is 4.56. The summed E-state index contributed by atoms with van der Waals surface area (Å²) in [5.41, 5.74) is 2.76. The van der Waals surface area contributed by atoms with E-state index in [1.54, 1.807) is 35.6 Å². The van der Waals surface area contributed by atoms with Gasteiger partial charge in [-0.25, -0.2) is 18.4 Å². The molecule has 1 aliphatic heterocycles. The third-order valence-corrected chi connectivity index (χ3v) is 9.58. The number of aryl methyl sites for hydroxylation is 2. The second kappa shape index (κ2) is 8.18. The Hall–Kier alpha value is -2.40. The van der Waals surface area contributed by atoms with E-state index in [4.69, 9.17) is 0 Å². The zero-order valence-electron chi connectivity index (χ0n) is 17.7. The summed E-state index contributed by atoms with van der Waals surface area (Å²) < 4.78 is 29.3. The van der Waals surface area contributed by atoms with E-state index in [1.165, 1.54) is 15.6 Å². The van der Waals surface area contributed by atoms with Gasteiger partial charge in [0.25, 0.3) is 0 Å². The SMILES string of the molecule is Cc1ccc(S(=O)(=O)N2CCC(C(=O)Nc3nc4ccc5sc(C)nc5c4s3)CC2)cc1. The molecule has 0 spiro atoms. The van der Waals surface area contributed by atoms with Crippen molar-refractivity contribution < 1.29 is 13.2 Å². The number of hydrogen-bond donors (Lipinski definition) is 1. The summed E-state index contributed by atoms with van der Waals surface area (Å²) in [4.78, 5) is 22.3. The fraction of sp³-hybridized carbons (Fsp3) is 0.318. The lowest BCUT2D eigenvalue weighted by Gasteiger charge is -2.30. The molecule has 1 aliphatic rings. The molecule has 0 aliphatic carbocycles. The van der Waals surface area contributed by atoms with Gasteiger partial charge in [-0.2, -0.15) is 4.31 Å². The average Bonchev–Trinajstić information content (AvgIpc) is 3.36. The molecule has 32 heavy (non-hydrogen) atoms. The summed E-state index contributed by atoms with van der Waals surface area (Å²) in [6.07, 6.45) is 0.967. The van der Waals surface area contributed by atoms with Crippen molar-refractivity contribution in [3.05, 3.63) is 47.0 Å². The van der Waals surface area contributed by atoms with Crippen LogP contribution in [-0.4, -0.2) is 41.7 Å². The summed E-state index contributed by atoms with van der Waals surface area (Å²) in [6, 6.07) is 10.8. The van der Waals surface area contributed by atoms with E-state index in [1.807, 2.05) is 26.0 Å². The van der Waals surface area contributed by atoms with Crippen LogP contribution in [0.2, 0.25) is 0 Å². The normalized spacial score (nSPS) is 16.1. The fourth-order valence-corrected chi connectivity index (χ4v) is 7.30. The number of nitrogens with zero attached hydrogens (tertiary/aromatic N) is 3. The van der Waals surface area contributed by atoms with E-state index in [-0.39, 0.29) is 11.8 Å². The summed E-state index contributed by atoms with van der Waals surface area (Å²) in [5.74, 6) is -0.352. The number of sulfonamides is 1. The van der Waals surface area contributed by atoms with E-state index in [0.717, 1.165) is 31.0 Å². The standard InChI is InChI=1S/C22H22N4O3S3/c1-13-3-5-16(6-4-13)32(28,29)26-11-9-15(10-12-26)21(27)25-22-24-17-7-8-18-19(20(17)31-22)23-14(2)30-18/h3-8,15H,9-12H2,1-2H3,(H,24,25,27). The molecule has 1 amide bonds. The van der Waals surface area contributed by atoms with Gasteiger partial charge >= 0.3 is 0 Å². The minimum atomic E-state index is -3.54. The molecule has 2 aromatic heterocycles. The Balaban J connectivity index is 1.26. The lowest BCUT2D eigenvalue weighted by molar-refractivity contribution is -0.120. The second-order valence-electron chi connectivity index (χ2n) is 7.99. The van der Waals surface area contributed by atoms with Gasteiger partial charge in [0, 0.05) is 19.0 Å². The van der Waals surface area contributed by atoms with Crippen molar-refractivity contribution >= 4 is 64.2 Å². The van der Waals surface area contributed by atoms with Crippen molar-refractivity contribution in [2.24, 2.45) is 5.92 Å². The molecule has 166 valence electrons. The number of piperidine rings is 1. The average molecular weight is 487 g/mol. The summed E-state index contributed by atoms with van der Waals surface area (Å²) >= 11 is 3.07. The zero-order chi connectivity index (χ0) is 22.5. The van der Waals surface area contributed by atoms with Crippen LogP contribution in [-0.2, 0) is 14.8 Å². The highest BCUT2D eigenvalue weighted by Gasteiger charge is 2.32. The molecule has 7 nitrogen and oxygen atoms in total. The Kier molecular flexibility index (Phi) is 5.48. The Labute approximate surface area is 194 Å². The number of rotatable bonds is 4. The van der Waals surface area contributed by atoms with Gasteiger partial charge in [-0.1, -0.05) is 29.0 Å². The van der Waals surface area contributed by atoms with E-state index < -0.39 is 10.0 Å². The van der Waals surface area contributed by atoms with Crippen molar-refractivity contribution in [1.29, 1.82) is 0 Å². The summed E-state index contributed by atoms with van der Waals surface area (Å²) in [7, 11) is -3.54. The third kappa shape index (κ3) is 3.92. The van der Waals surface area contributed by atoms with Crippen molar-refractivity contribution in [3.8, 4) is 0 Å². The number of hydrogen-bond acceptors (Lipinski definition) is 7. The number of amides is 1. The third-order valence-electron chi connectivity index (χ3n) is 5.73. The molecule has 0 unspecified atom stereocenters. The van der Waals surface area contributed by atoms with Crippen LogP contribution in [0, 0.1) is 19.8 Å².